The summed E-state index contributed by atoms with van der Waals surface area (Å²) in [5.41, 5.74) is 1.15. The molecule has 1 saturated heterocycles. The van der Waals surface area contributed by atoms with Crippen molar-refractivity contribution in [3.05, 3.63) is 30.3 Å². The maximum absolute atomic E-state index is 12.3. The van der Waals surface area contributed by atoms with Gasteiger partial charge < -0.3 is 9.80 Å². The van der Waals surface area contributed by atoms with Gasteiger partial charge in [-0.2, -0.15) is 0 Å². The number of carbonyl (C=O) groups excluding carboxylic acids is 1. The van der Waals surface area contributed by atoms with Crippen LogP contribution in [0.4, 0.5) is 5.69 Å². The molecule has 0 bridgehead atoms. The molecule has 1 aliphatic carbocycles. The van der Waals surface area contributed by atoms with Crippen molar-refractivity contribution in [2.24, 2.45) is 0 Å². The average Bonchev–Trinajstić information content (AvgIpc) is 3.11. The highest BCUT2D eigenvalue weighted by molar-refractivity contribution is 7.92. The first-order valence-corrected chi connectivity index (χ1v) is 10.1. The molecule has 1 aliphatic heterocycles. The van der Waals surface area contributed by atoms with Crippen molar-refractivity contribution in [3.8, 4) is 0 Å². The van der Waals surface area contributed by atoms with Crippen molar-refractivity contribution in [1.82, 2.24) is 4.90 Å². The van der Waals surface area contributed by atoms with Gasteiger partial charge in [0.15, 0.2) is 9.84 Å². The van der Waals surface area contributed by atoms with Crippen molar-refractivity contribution in [1.29, 1.82) is 0 Å². The Morgan fingerprint density at radius 3 is 2.22 bits per heavy atom. The summed E-state index contributed by atoms with van der Waals surface area (Å²) in [5.74, 6) is -0.548. The minimum Gasteiger partial charge on any atom is -0.368 e. The predicted octanol–water partition coefficient (Wildman–Crippen LogP) is 1.69. The normalized spacial score (nSPS) is 20.0. The monoisotopic (exact) mass is 336 g/mol. The number of nitrogens with zero attached hydrogens (tertiary/aromatic N) is 2. The molecule has 0 atom stereocenters. The van der Waals surface area contributed by atoms with Crippen molar-refractivity contribution < 1.29 is 13.2 Å². The van der Waals surface area contributed by atoms with E-state index in [0.29, 0.717) is 13.1 Å². The topological polar surface area (TPSA) is 57.7 Å². The van der Waals surface area contributed by atoms with Gasteiger partial charge in [-0.15, -0.1) is 0 Å². The zero-order chi connectivity index (χ0) is 16.3. The number of hydrogen-bond acceptors (Lipinski definition) is 4. The van der Waals surface area contributed by atoms with Crippen molar-refractivity contribution in [2.45, 2.75) is 30.9 Å². The molecular formula is C17H24N2O3S. The second-order valence-electron chi connectivity index (χ2n) is 6.42. The van der Waals surface area contributed by atoms with Crippen molar-refractivity contribution >= 4 is 21.4 Å². The first-order chi connectivity index (χ1) is 11.1. The molecule has 1 aromatic rings. The SMILES string of the molecule is O=C(CS(=O)(=O)C1CCCC1)N1CCN(c2ccccc2)CC1. The second-order valence-corrected chi connectivity index (χ2v) is 8.70. The number of amides is 1. The molecule has 0 spiro atoms. The highest BCUT2D eigenvalue weighted by Crippen LogP contribution is 2.25. The molecule has 0 N–H and O–H groups in total. The molecule has 2 aliphatic rings. The Hall–Kier alpha value is -1.56. The van der Waals surface area contributed by atoms with E-state index in [9.17, 15) is 13.2 Å². The lowest BCUT2D eigenvalue weighted by atomic mass is 10.2. The quantitative estimate of drug-likeness (QED) is 0.840. The molecule has 1 saturated carbocycles. The Morgan fingerprint density at radius 2 is 1.61 bits per heavy atom. The summed E-state index contributed by atoms with van der Waals surface area (Å²) in [6.45, 7) is 2.68. The van der Waals surface area contributed by atoms with Crippen LogP contribution in [0.2, 0.25) is 0 Å². The van der Waals surface area contributed by atoms with Gasteiger partial charge in [-0.1, -0.05) is 31.0 Å². The minimum absolute atomic E-state index is 0.232. The minimum atomic E-state index is -3.28. The molecule has 1 amide bonds. The molecular weight excluding hydrogens is 312 g/mol. The number of piperazine rings is 1. The van der Waals surface area contributed by atoms with Gasteiger partial charge in [0.25, 0.3) is 0 Å². The Balaban J connectivity index is 1.54. The summed E-state index contributed by atoms with van der Waals surface area (Å²) in [6.07, 6.45) is 3.37. The molecule has 1 heterocycles. The molecule has 3 rings (SSSR count). The van der Waals surface area contributed by atoms with Crippen LogP contribution in [0, 0.1) is 0 Å². The van der Waals surface area contributed by atoms with Gasteiger partial charge in [0.2, 0.25) is 5.91 Å². The van der Waals surface area contributed by atoms with E-state index < -0.39 is 9.84 Å². The largest absolute Gasteiger partial charge is 0.368 e. The smallest absolute Gasteiger partial charge is 0.237 e. The fourth-order valence-corrected chi connectivity index (χ4v) is 5.30. The number of carbonyl (C=O) groups is 1. The highest BCUT2D eigenvalue weighted by atomic mass is 32.2. The van der Waals surface area contributed by atoms with Gasteiger partial charge in [-0.3, -0.25) is 4.79 Å². The fourth-order valence-electron chi connectivity index (χ4n) is 3.48. The summed E-state index contributed by atoms with van der Waals surface area (Å²) < 4.78 is 24.6. The standard InChI is InChI=1S/C17H24N2O3S/c20-17(14-23(21,22)16-8-4-5-9-16)19-12-10-18(11-13-19)15-6-2-1-3-7-15/h1-3,6-7,16H,4-5,8-14H2. The molecule has 0 radical (unpaired) electrons. The molecule has 0 unspecified atom stereocenters. The maximum atomic E-state index is 12.3. The van der Waals surface area contributed by atoms with E-state index in [-0.39, 0.29) is 16.9 Å². The van der Waals surface area contributed by atoms with E-state index in [1.165, 1.54) is 0 Å². The third kappa shape index (κ3) is 3.86. The van der Waals surface area contributed by atoms with Crippen LogP contribution >= 0.6 is 0 Å². The Labute approximate surface area is 138 Å². The molecule has 2 fully saturated rings. The zero-order valence-electron chi connectivity index (χ0n) is 13.4. The summed E-state index contributed by atoms with van der Waals surface area (Å²) in [6, 6.07) is 10.1. The second kappa shape index (κ2) is 6.91. The van der Waals surface area contributed by atoms with Gasteiger partial charge in [0.1, 0.15) is 5.75 Å². The Kier molecular flexibility index (Phi) is 4.90. The van der Waals surface area contributed by atoms with Gasteiger partial charge in [-0.25, -0.2) is 8.42 Å². The van der Waals surface area contributed by atoms with Gasteiger partial charge in [0, 0.05) is 31.9 Å². The summed E-state index contributed by atoms with van der Waals surface area (Å²) in [5, 5.41) is -0.294. The maximum Gasteiger partial charge on any atom is 0.237 e. The summed E-state index contributed by atoms with van der Waals surface area (Å²) >= 11 is 0. The lowest BCUT2D eigenvalue weighted by Crippen LogP contribution is -2.50. The lowest BCUT2D eigenvalue weighted by Gasteiger charge is -2.36. The van der Waals surface area contributed by atoms with E-state index in [0.717, 1.165) is 44.5 Å². The van der Waals surface area contributed by atoms with Gasteiger partial charge >= 0.3 is 0 Å². The number of hydrogen-bond donors (Lipinski definition) is 0. The summed E-state index contributed by atoms with van der Waals surface area (Å²) in [7, 11) is -3.28. The molecule has 1 aromatic carbocycles. The van der Waals surface area contributed by atoms with Crippen LogP contribution in [0.5, 0.6) is 0 Å². The lowest BCUT2D eigenvalue weighted by molar-refractivity contribution is -0.128. The number of benzene rings is 1. The zero-order valence-corrected chi connectivity index (χ0v) is 14.2. The van der Waals surface area contributed by atoms with E-state index in [4.69, 9.17) is 0 Å². The molecule has 126 valence electrons. The van der Waals surface area contributed by atoms with Gasteiger partial charge in [0.05, 0.1) is 5.25 Å². The first kappa shape index (κ1) is 16.3. The van der Waals surface area contributed by atoms with Crippen LogP contribution in [0.25, 0.3) is 0 Å². The van der Waals surface area contributed by atoms with Crippen LogP contribution in [0.1, 0.15) is 25.7 Å². The fraction of sp³-hybridized carbons (Fsp3) is 0.588. The summed E-state index contributed by atoms with van der Waals surface area (Å²) in [4.78, 5) is 16.3. The van der Waals surface area contributed by atoms with E-state index >= 15 is 0 Å². The van der Waals surface area contributed by atoms with Crippen LogP contribution in [0.3, 0.4) is 0 Å². The predicted molar refractivity (Wildman–Crippen MR) is 91.3 cm³/mol. The number of rotatable bonds is 4. The van der Waals surface area contributed by atoms with Crippen LogP contribution in [0.15, 0.2) is 30.3 Å². The highest BCUT2D eigenvalue weighted by Gasteiger charge is 2.32. The van der Waals surface area contributed by atoms with E-state index in [1.54, 1.807) is 4.90 Å². The molecule has 23 heavy (non-hydrogen) atoms. The van der Waals surface area contributed by atoms with Crippen LogP contribution in [-0.2, 0) is 14.6 Å². The van der Waals surface area contributed by atoms with Crippen molar-refractivity contribution in [2.75, 3.05) is 36.8 Å². The molecule has 6 heteroatoms. The van der Waals surface area contributed by atoms with Crippen LogP contribution in [-0.4, -0.2) is 56.4 Å². The Morgan fingerprint density at radius 1 is 1.00 bits per heavy atom. The molecule has 0 aromatic heterocycles. The number of sulfone groups is 1. The van der Waals surface area contributed by atoms with E-state index in [1.807, 2.05) is 18.2 Å². The Bertz CT molecular complexity index is 631. The third-order valence-electron chi connectivity index (χ3n) is 4.89. The van der Waals surface area contributed by atoms with E-state index in [2.05, 4.69) is 17.0 Å². The third-order valence-corrected chi connectivity index (χ3v) is 7.02. The van der Waals surface area contributed by atoms with Crippen LogP contribution < -0.4 is 4.90 Å². The molecule has 5 nitrogen and oxygen atoms in total. The number of para-hydroxylation sites is 1. The van der Waals surface area contributed by atoms with Crippen molar-refractivity contribution in [3.63, 3.8) is 0 Å². The first-order valence-electron chi connectivity index (χ1n) is 8.35. The van der Waals surface area contributed by atoms with Gasteiger partial charge in [-0.05, 0) is 25.0 Å². The number of anilines is 1. The average molecular weight is 336 g/mol.